The average molecular weight is 240 g/mol. The second-order valence-corrected chi connectivity index (χ2v) is 3.83. The summed E-state index contributed by atoms with van der Waals surface area (Å²) in [6.07, 6.45) is 1.68. The first-order chi connectivity index (χ1) is 7.70. The molecule has 0 amide bonds. The van der Waals surface area contributed by atoms with Gasteiger partial charge in [0.15, 0.2) is 0 Å². The van der Waals surface area contributed by atoms with E-state index in [9.17, 15) is 4.39 Å². The number of hydrogen-bond acceptors (Lipinski definition) is 2. The van der Waals surface area contributed by atoms with Gasteiger partial charge in [0.1, 0.15) is 5.82 Å². The fourth-order valence-electron chi connectivity index (χ4n) is 1.49. The van der Waals surface area contributed by atoms with Crippen LogP contribution in [0.1, 0.15) is 11.3 Å². The molecule has 0 aliphatic carbocycles. The van der Waals surface area contributed by atoms with E-state index in [4.69, 9.17) is 17.3 Å². The molecule has 0 bridgehead atoms. The lowest BCUT2D eigenvalue weighted by molar-refractivity contribution is 0.621. The number of benzene rings is 1. The lowest BCUT2D eigenvalue weighted by Gasteiger charge is -2.07. The summed E-state index contributed by atoms with van der Waals surface area (Å²) in [5.74, 6) is -0.340. The Morgan fingerprint density at radius 3 is 2.88 bits per heavy atom. The maximum absolute atomic E-state index is 12.8. The molecule has 5 heteroatoms. The van der Waals surface area contributed by atoms with Gasteiger partial charge >= 0.3 is 0 Å². The van der Waals surface area contributed by atoms with Crippen molar-refractivity contribution >= 4 is 11.6 Å². The molecule has 2 N–H and O–H groups in total. The summed E-state index contributed by atoms with van der Waals surface area (Å²) in [4.78, 5) is 0. The summed E-state index contributed by atoms with van der Waals surface area (Å²) in [6, 6.07) is 6.17. The molecular formula is C11H11ClFN3. The third-order valence-electron chi connectivity index (χ3n) is 2.35. The molecule has 2 rings (SSSR count). The smallest absolute Gasteiger partial charge is 0.124 e. The van der Waals surface area contributed by atoms with Crippen LogP contribution in [0.3, 0.4) is 0 Å². The minimum Gasteiger partial charge on any atom is -0.325 e. The van der Waals surface area contributed by atoms with Crippen LogP contribution in [0.15, 0.2) is 30.5 Å². The van der Waals surface area contributed by atoms with Crippen LogP contribution >= 0.6 is 11.6 Å². The van der Waals surface area contributed by atoms with Crippen molar-refractivity contribution < 1.29 is 4.39 Å². The van der Waals surface area contributed by atoms with E-state index in [2.05, 4.69) is 5.10 Å². The normalized spacial score (nSPS) is 10.7. The Morgan fingerprint density at radius 2 is 2.19 bits per heavy atom. The molecule has 1 heterocycles. The van der Waals surface area contributed by atoms with E-state index in [1.807, 2.05) is 6.07 Å². The molecule has 1 aromatic carbocycles. The molecular weight excluding hydrogens is 229 g/mol. The Labute approximate surface area is 97.6 Å². The van der Waals surface area contributed by atoms with E-state index in [0.717, 1.165) is 11.3 Å². The van der Waals surface area contributed by atoms with Crippen LogP contribution in [0, 0.1) is 5.82 Å². The number of rotatable bonds is 3. The van der Waals surface area contributed by atoms with Crippen molar-refractivity contribution in [2.24, 2.45) is 5.73 Å². The zero-order valence-corrected chi connectivity index (χ0v) is 9.28. The Hall–Kier alpha value is -1.39. The summed E-state index contributed by atoms with van der Waals surface area (Å²) in [5, 5.41) is 4.53. The summed E-state index contributed by atoms with van der Waals surface area (Å²) in [7, 11) is 0. The van der Waals surface area contributed by atoms with Gasteiger partial charge in [0.2, 0.25) is 0 Å². The molecule has 0 saturated carbocycles. The van der Waals surface area contributed by atoms with Crippen molar-refractivity contribution in [3.63, 3.8) is 0 Å². The van der Waals surface area contributed by atoms with Crippen LogP contribution in [0.5, 0.6) is 0 Å². The van der Waals surface area contributed by atoms with Gasteiger partial charge in [-0.2, -0.15) is 5.10 Å². The Kier molecular flexibility index (Phi) is 3.22. The lowest BCUT2D eigenvalue weighted by atomic mass is 10.2. The summed E-state index contributed by atoms with van der Waals surface area (Å²) in [6.45, 7) is 0.914. The fraction of sp³-hybridized carbons (Fsp3) is 0.182. The molecule has 0 unspecified atom stereocenters. The minimum atomic E-state index is -0.340. The molecule has 84 valence electrons. The first kappa shape index (κ1) is 11.1. The third kappa shape index (κ3) is 2.23. The van der Waals surface area contributed by atoms with Crippen LogP contribution in [0.4, 0.5) is 4.39 Å². The highest BCUT2D eigenvalue weighted by atomic mass is 35.5. The number of nitrogens with two attached hydrogens (primary N) is 1. The van der Waals surface area contributed by atoms with Gasteiger partial charge in [-0.15, -0.1) is 0 Å². The largest absolute Gasteiger partial charge is 0.325 e. The zero-order chi connectivity index (χ0) is 11.5. The highest BCUT2D eigenvalue weighted by Crippen LogP contribution is 2.18. The van der Waals surface area contributed by atoms with E-state index in [-0.39, 0.29) is 5.82 Å². The second kappa shape index (κ2) is 4.63. The van der Waals surface area contributed by atoms with Crippen molar-refractivity contribution in [1.82, 2.24) is 9.78 Å². The molecule has 3 nitrogen and oxygen atoms in total. The Balaban J connectivity index is 2.27. The number of halogens is 2. The van der Waals surface area contributed by atoms with Crippen molar-refractivity contribution in [1.29, 1.82) is 0 Å². The molecule has 0 fully saturated rings. The fourth-order valence-corrected chi connectivity index (χ4v) is 1.71. The number of nitrogens with zero attached hydrogens (tertiary/aromatic N) is 2. The van der Waals surface area contributed by atoms with E-state index in [0.29, 0.717) is 18.1 Å². The van der Waals surface area contributed by atoms with Gasteiger partial charge in [0.25, 0.3) is 0 Å². The van der Waals surface area contributed by atoms with E-state index < -0.39 is 0 Å². The van der Waals surface area contributed by atoms with Gasteiger partial charge in [-0.3, -0.25) is 4.68 Å². The molecule has 0 atom stereocenters. The van der Waals surface area contributed by atoms with Gasteiger partial charge in [-0.1, -0.05) is 17.7 Å². The highest BCUT2D eigenvalue weighted by Gasteiger charge is 2.05. The summed E-state index contributed by atoms with van der Waals surface area (Å²) in [5.41, 5.74) is 7.29. The van der Waals surface area contributed by atoms with Gasteiger partial charge in [0.05, 0.1) is 12.2 Å². The molecule has 16 heavy (non-hydrogen) atoms. The number of hydrogen-bond donors (Lipinski definition) is 1. The van der Waals surface area contributed by atoms with Crippen molar-refractivity contribution in [3.8, 4) is 0 Å². The molecule has 0 aliphatic heterocycles. The molecule has 1 aromatic heterocycles. The van der Waals surface area contributed by atoms with Gasteiger partial charge in [0, 0.05) is 17.8 Å². The van der Waals surface area contributed by atoms with Crippen LogP contribution in [-0.4, -0.2) is 9.78 Å². The molecule has 0 radical (unpaired) electrons. The Morgan fingerprint density at radius 1 is 1.38 bits per heavy atom. The second-order valence-electron chi connectivity index (χ2n) is 3.42. The predicted octanol–water partition coefficient (Wildman–Crippen LogP) is 2.18. The van der Waals surface area contributed by atoms with Crippen molar-refractivity contribution in [2.75, 3.05) is 0 Å². The van der Waals surface area contributed by atoms with E-state index in [1.165, 1.54) is 12.1 Å². The van der Waals surface area contributed by atoms with Gasteiger partial charge in [-0.05, 0) is 23.8 Å². The van der Waals surface area contributed by atoms with Crippen LogP contribution < -0.4 is 5.73 Å². The summed E-state index contributed by atoms with van der Waals surface area (Å²) < 4.78 is 14.6. The topological polar surface area (TPSA) is 43.8 Å². The number of aromatic nitrogens is 2. The summed E-state index contributed by atoms with van der Waals surface area (Å²) >= 11 is 5.93. The molecule has 0 spiro atoms. The van der Waals surface area contributed by atoms with Gasteiger partial charge in [-0.25, -0.2) is 4.39 Å². The zero-order valence-electron chi connectivity index (χ0n) is 8.53. The Bertz CT molecular complexity index is 496. The highest BCUT2D eigenvalue weighted by molar-refractivity contribution is 6.31. The lowest BCUT2D eigenvalue weighted by Crippen LogP contribution is -2.10. The van der Waals surface area contributed by atoms with Gasteiger partial charge < -0.3 is 5.73 Å². The monoisotopic (exact) mass is 239 g/mol. The van der Waals surface area contributed by atoms with Crippen molar-refractivity contribution in [3.05, 3.63) is 52.6 Å². The average Bonchev–Trinajstić information content (AvgIpc) is 2.69. The van der Waals surface area contributed by atoms with E-state index >= 15 is 0 Å². The SMILES string of the molecule is NCc1ccnn1Cc1ccc(F)cc1Cl. The predicted molar refractivity (Wildman–Crippen MR) is 60.6 cm³/mol. The van der Waals surface area contributed by atoms with Crippen LogP contribution in [0.2, 0.25) is 5.02 Å². The van der Waals surface area contributed by atoms with E-state index in [1.54, 1.807) is 16.9 Å². The molecule has 0 aliphatic rings. The molecule has 2 aromatic rings. The van der Waals surface area contributed by atoms with Crippen LogP contribution in [-0.2, 0) is 13.1 Å². The quantitative estimate of drug-likeness (QED) is 0.892. The third-order valence-corrected chi connectivity index (χ3v) is 2.70. The maximum atomic E-state index is 12.8. The minimum absolute atomic E-state index is 0.340. The first-order valence-electron chi connectivity index (χ1n) is 4.85. The molecule has 0 saturated heterocycles. The van der Waals surface area contributed by atoms with Crippen molar-refractivity contribution in [2.45, 2.75) is 13.1 Å². The maximum Gasteiger partial charge on any atom is 0.124 e. The first-order valence-corrected chi connectivity index (χ1v) is 5.23. The standard InChI is InChI=1S/C11H11ClFN3/c12-11-5-9(13)2-1-8(11)7-16-10(6-14)3-4-15-16/h1-5H,6-7,14H2. The van der Waals surface area contributed by atoms with Crippen LogP contribution in [0.25, 0.3) is 0 Å².